The molecule has 27 heavy (non-hydrogen) atoms. The highest BCUT2D eigenvalue weighted by molar-refractivity contribution is 5.92. The van der Waals surface area contributed by atoms with Gasteiger partial charge in [-0.2, -0.15) is 0 Å². The number of likely N-dealkylation sites (tertiary alicyclic amines) is 1. The van der Waals surface area contributed by atoms with Crippen LogP contribution >= 0.6 is 0 Å². The van der Waals surface area contributed by atoms with Gasteiger partial charge < -0.3 is 19.1 Å². The maximum atomic E-state index is 12.5. The third-order valence-corrected chi connectivity index (χ3v) is 5.22. The van der Waals surface area contributed by atoms with E-state index in [1.54, 1.807) is 25.0 Å². The Morgan fingerprint density at radius 3 is 2.96 bits per heavy atom. The van der Waals surface area contributed by atoms with E-state index < -0.39 is 0 Å². The number of benzene rings is 1. The highest BCUT2D eigenvalue weighted by Crippen LogP contribution is 2.21. The second kappa shape index (κ2) is 9.04. The molecule has 1 saturated heterocycles. The van der Waals surface area contributed by atoms with Gasteiger partial charge in [-0.3, -0.25) is 4.79 Å². The number of carbonyl (C=O) groups is 1. The van der Waals surface area contributed by atoms with Crippen molar-refractivity contribution in [2.45, 2.75) is 26.2 Å². The summed E-state index contributed by atoms with van der Waals surface area (Å²) < 4.78 is 10.5. The average Bonchev–Trinajstić information content (AvgIpc) is 3.12. The maximum absolute atomic E-state index is 12.5. The second-order valence-electron chi connectivity index (χ2n) is 7.38. The quantitative estimate of drug-likeness (QED) is 0.749. The van der Waals surface area contributed by atoms with E-state index in [1.807, 2.05) is 19.2 Å². The highest BCUT2D eigenvalue weighted by Gasteiger charge is 2.24. The van der Waals surface area contributed by atoms with E-state index in [0.717, 1.165) is 44.8 Å². The average molecular weight is 371 g/mol. The van der Waals surface area contributed by atoms with Crippen LogP contribution in [0, 0.1) is 12.8 Å². The molecule has 0 unspecified atom stereocenters. The lowest BCUT2D eigenvalue weighted by Gasteiger charge is -2.34. The summed E-state index contributed by atoms with van der Waals surface area (Å²) in [5, 5.41) is 3.84. The zero-order valence-electron chi connectivity index (χ0n) is 16.5. The molecular formula is C21H29N3O3. The summed E-state index contributed by atoms with van der Waals surface area (Å²) in [6, 6.07) is 9.90. The van der Waals surface area contributed by atoms with Crippen LogP contribution in [0.1, 0.15) is 34.7 Å². The minimum atomic E-state index is -0.0713. The lowest BCUT2D eigenvalue weighted by atomic mass is 9.97. The lowest BCUT2D eigenvalue weighted by molar-refractivity contribution is 0.0720. The first kappa shape index (κ1) is 19.4. The van der Waals surface area contributed by atoms with Gasteiger partial charge in [0.25, 0.3) is 5.91 Å². The summed E-state index contributed by atoms with van der Waals surface area (Å²) in [5.74, 6) is 2.03. The molecule has 6 heteroatoms. The van der Waals surface area contributed by atoms with Crippen LogP contribution in [0.3, 0.4) is 0 Å². The van der Waals surface area contributed by atoms with Crippen molar-refractivity contribution in [1.82, 2.24) is 15.0 Å². The summed E-state index contributed by atoms with van der Waals surface area (Å²) in [4.78, 5) is 16.7. The molecule has 2 heterocycles. The van der Waals surface area contributed by atoms with Gasteiger partial charge in [0.2, 0.25) is 0 Å². The molecule has 3 rings (SSSR count). The fourth-order valence-corrected chi connectivity index (χ4v) is 3.82. The number of amides is 1. The molecule has 6 nitrogen and oxygen atoms in total. The van der Waals surface area contributed by atoms with E-state index in [1.165, 1.54) is 12.0 Å². The molecule has 0 radical (unpaired) electrons. The van der Waals surface area contributed by atoms with Crippen LogP contribution in [-0.4, -0.2) is 61.2 Å². The summed E-state index contributed by atoms with van der Waals surface area (Å²) in [6.07, 6.45) is 3.30. The smallest absolute Gasteiger partial charge is 0.275 e. The molecule has 0 aliphatic carbocycles. The van der Waals surface area contributed by atoms with Crippen LogP contribution in [-0.2, 0) is 6.42 Å². The van der Waals surface area contributed by atoms with Gasteiger partial charge in [0.1, 0.15) is 11.5 Å². The Morgan fingerprint density at radius 2 is 2.22 bits per heavy atom. The minimum absolute atomic E-state index is 0.0713. The van der Waals surface area contributed by atoms with Crippen molar-refractivity contribution in [1.29, 1.82) is 0 Å². The largest absolute Gasteiger partial charge is 0.496 e. The topological polar surface area (TPSA) is 58.8 Å². The maximum Gasteiger partial charge on any atom is 0.275 e. The lowest BCUT2D eigenvalue weighted by Crippen LogP contribution is -2.42. The first-order chi connectivity index (χ1) is 13.1. The number of aromatic nitrogens is 1. The Morgan fingerprint density at radius 1 is 1.41 bits per heavy atom. The number of aryl methyl sites for hydroxylation is 1. The van der Waals surface area contributed by atoms with E-state index in [-0.39, 0.29) is 5.91 Å². The molecule has 0 saturated carbocycles. The van der Waals surface area contributed by atoms with Crippen molar-refractivity contribution in [3.05, 3.63) is 47.3 Å². The predicted molar refractivity (Wildman–Crippen MR) is 104 cm³/mol. The van der Waals surface area contributed by atoms with Crippen LogP contribution in [0.25, 0.3) is 0 Å². The molecule has 1 atom stereocenters. The Kier molecular flexibility index (Phi) is 6.50. The highest BCUT2D eigenvalue weighted by atomic mass is 16.5. The molecule has 2 aromatic rings. The third-order valence-electron chi connectivity index (χ3n) is 5.22. The fourth-order valence-electron chi connectivity index (χ4n) is 3.82. The van der Waals surface area contributed by atoms with Gasteiger partial charge in [0.15, 0.2) is 5.69 Å². The van der Waals surface area contributed by atoms with Gasteiger partial charge in [-0.1, -0.05) is 23.4 Å². The Hall–Kier alpha value is -2.34. The van der Waals surface area contributed by atoms with Crippen molar-refractivity contribution in [2.24, 2.45) is 5.92 Å². The van der Waals surface area contributed by atoms with E-state index in [4.69, 9.17) is 9.26 Å². The van der Waals surface area contributed by atoms with Crippen molar-refractivity contribution in [3.63, 3.8) is 0 Å². The first-order valence-electron chi connectivity index (χ1n) is 9.60. The molecule has 1 aliphatic rings. The van der Waals surface area contributed by atoms with E-state index in [0.29, 0.717) is 17.4 Å². The number of hydrogen-bond donors (Lipinski definition) is 0. The van der Waals surface area contributed by atoms with Crippen LogP contribution in [0.2, 0.25) is 0 Å². The Bertz CT molecular complexity index is 759. The van der Waals surface area contributed by atoms with Crippen LogP contribution in [0.4, 0.5) is 0 Å². The van der Waals surface area contributed by atoms with Gasteiger partial charge in [0, 0.05) is 32.7 Å². The molecule has 1 amide bonds. The summed E-state index contributed by atoms with van der Waals surface area (Å²) in [6.45, 7) is 5.69. The summed E-state index contributed by atoms with van der Waals surface area (Å²) in [7, 11) is 3.57. The number of rotatable bonds is 7. The Balaban J connectivity index is 1.51. The van der Waals surface area contributed by atoms with Crippen LogP contribution < -0.4 is 4.74 Å². The zero-order chi connectivity index (χ0) is 19.2. The molecule has 0 spiro atoms. The molecule has 1 aromatic heterocycles. The number of piperidine rings is 1. The monoisotopic (exact) mass is 371 g/mol. The number of ether oxygens (including phenoxy) is 1. The number of nitrogens with zero attached hydrogens (tertiary/aromatic N) is 3. The number of hydrogen-bond acceptors (Lipinski definition) is 5. The minimum Gasteiger partial charge on any atom is -0.496 e. The molecule has 1 aliphatic heterocycles. The van der Waals surface area contributed by atoms with E-state index >= 15 is 0 Å². The molecule has 146 valence electrons. The normalized spacial score (nSPS) is 17.7. The van der Waals surface area contributed by atoms with Crippen molar-refractivity contribution >= 4 is 5.91 Å². The standard InChI is InChI=1S/C21H29N3O3/c1-16-13-19(22-27-16)21(25)23(2)14-17-7-6-11-24(15-17)12-10-18-8-4-5-9-20(18)26-3/h4-5,8-9,13,17H,6-7,10-12,14-15H2,1-3H3/t17-/m1/s1. The SMILES string of the molecule is COc1ccccc1CCN1CCC[C@H](CN(C)C(=O)c2cc(C)on2)C1. The van der Waals surface area contributed by atoms with E-state index in [9.17, 15) is 4.79 Å². The predicted octanol–water partition coefficient (Wildman–Crippen LogP) is 3.02. The van der Waals surface area contributed by atoms with Gasteiger partial charge in [0.05, 0.1) is 7.11 Å². The number of para-hydroxylation sites is 1. The third kappa shape index (κ3) is 5.10. The van der Waals surface area contributed by atoms with Crippen LogP contribution in [0.15, 0.2) is 34.9 Å². The van der Waals surface area contributed by atoms with Crippen LogP contribution in [0.5, 0.6) is 5.75 Å². The number of carbonyl (C=O) groups excluding carboxylic acids is 1. The van der Waals surface area contributed by atoms with E-state index in [2.05, 4.69) is 22.2 Å². The Labute approximate surface area is 161 Å². The first-order valence-corrected chi connectivity index (χ1v) is 9.60. The molecule has 0 bridgehead atoms. The van der Waals surface area contributed by atoms with Gasteiger partial charge in [-0.15, -0.1) is 0 Å². The molecule has 1 fully saturated rings. The van der Waals surface area contributed by atoms with Crippen molar-refractivity contribution < 1.29 is 14.1 Å². The molecule has 1 aromatic carbocycles. The summed E-state index contributed by atoms with van der Waals surface area (Å²) >= 11 is 0. The number of methoxy groups -OCH3 is 1. The van der Waals surface area contributed by atoms with Gasteiger partial charge in [-0.05, 0) is 50.3 Å². The fraction of sp³-hybridized carbons (Fsp3) is 0.524. The van der Waals surface area contributed by atoms with Crippen molar-refractivity contribution in [3.8, 4) is 5.75 Å². The second-order valence-corrected chi connectivity index (χ2v) is 7.38. The zero-order valence-corrected chi connectivity index (χ0v) is 16.5. The molecular weight excluding hydrogens is 342 g/mol. The molecule has 0 N–H and O–H groups in total. The summed E-state index contributed by atoms with van der Waals surface area (Å²) in [5.41, 5.74) is 1.63. The van der Waals surface area contributed by atoms with Gasteiger partial charge in [-0.25, -0.2) is 0 Å². The van der Waals surface area contributed by atoms with Crippen molar-refractivity contribution in [2.75, 3.05) is 40.3 Å². The van der Waals surface area contributed by atoms with Gasteiger partial charge >= 0.3 is 0 Å².